The van der Waals surface area contributed by atoms with Gasteiger partial charge in [-0.2, -0.15) is 5.10 Å². The first-order valence-corrected chi connectivity index (χ1v) is 11.1. The second kappa shape index (κ2) is 7.74. The van der Waals surface area contributed by atoms with E-state index < -0.39 is 6.04 Å². The molecule has 1 unspecified atom stereocenters. The van der Waals surface area contributed by atoms with Crippen LogP contribution in [0.15, 0.2) is 90.0 Å². The highest BCUT2D eigenvalue weighted by molar-refractivity contribution is 5.98. The molecule has 0 aliphatic carbocycles. The summed E-state index contributed by atoms with van der Waals surface area (Å²) in [7, 11) is 0. The molecular weight excluding hydrogens is 412 g/mol. The SMILES string of the molecule is O=C1[C@@H]2Cc3c([nH]c4ccccc34)C(c3ccccc3)N2C(=O)CN1N=Cc1ccccc1. The Balaban J connectivity index is 1.44. The smallest absolute Gasteiger partial charge is 0.266 e. The topological polar surface area (TPSA) is 68.8 Å². The quantitative estimate of drug-likeness (QED) is 0.497. The van der Waals surface area contributed by atoms with Gasteiger partial charge in [0.25, 0.3) is 5.91 Å². The van der Waals surface area contributed by atoms with Gasteiger partial charge in [0, 0.05) is 23.0 Å². The summed E-state index contributed by atoms with van der Waals surface area (Å²) in [4.78, 5) is 32.3. The average Bonchev–Trinajstić information content (AvgIpc) is 3.23. The monoisotopic (exact) mass is 434 g/mol. The van der Waals surface area contributed by atoms with E-state index in [4.69, 9.17) is 0 Å². The number of nitrogens with one attached hydrogen (secondary N) is 1. The lowest BCUT2D eigenvalue weighted by atomic mass is 9.86. The number of nitrogens with zero attached hydrogens (tertiary/aromatic N) is 3. The molecule has 6 rings (SSSR count). The van der Waals surface area contributed by atoms with Crippen molar-refractivity contribution in [3.8, 4) is 0 Å². The van der Waals surface area contributed by atoms with Gasteiger partial charge in [0.05, 0.1) is 12.3 Å². The van der Waals surface area contributed by atoms with Crippen LogP contribution in [0.1, 0.15) is 28.4 Å². The summed E-state index contributed by atoms with van der Waals surface area (Å²) in [6.45, 7) is -0.0719. The number of aromatic nitrogens is 1. The second-order valence-electron chi connectivity index (χ2n) is 8.45. The molecular formula is C27H22N4O2. The van der Waals surface area contributed by atoms with Gasteiger partial charge in [0.1, 0.15) is 12.6 Å². The highest BCUT2D eigenvalue weighted by atomic mass is 16.2. The highest BCUT2D eigenvalue weighted by Gasteiger charge is 2.48. The number of aromatic amines is 1. The number of hydrogen-bond acceptors (Lipinski definition) is 3. The van der Waals surface area contributed by atoms with E-state index in [-0.39, 0.29) is 24.4 Å². The number of H-pyrrole nitrogens is 1. The summed E-state index contributed by atoms with van der Waals surface area (Å²) < 4.78 is 0. The van der Waals surface area contributed by atoms with Crippen LogP contribution in [-0.2, 0) is 16.0 Å². The maximum atomic E-state index is 13.6. The van der Waals surface area contributed by atoms with E-state index in [2.05, 4.69) is 16.2 Å². The van der Waals surface area contributed by atoms with Crippen LogP contribution in [0.4, 0.5) is 0 Å². The molecule has 1 saturated heterocycles. The molecule has 1 aromatic heterocycles. The van der Waals surface area contributed by atoms with Gasteiger partial charge in [-0.05, 0) is 22.8 Å². The van der Waals surface area contributed by atoms with Gasteiger partial charge in [-0.15, -0.1) is 0 Å². The van der Waals surface area contributed by atoms with Crippen molar-refractivity contribution in [3.05, 3.63) is 107 Å². The standard InChI is InChI=1S/C27H22N4O2/c32-24-17-30(28-16-18-9-3-1-4-10-18)27(33)23-15-21-20-13-7-8-14-22(20)29-25(21)26(31(23)24)19-11-5-2-6-12-19/h1-14,16,23,26,29H,15,17H2/t23-,26?/m0/s1. The zero-order chi connectivity index (χ0) is 22.4. The Bertz CT molecular complexity index is 1380. The van der Waals surface area contributed by atoms with Crippen molar-refractivity contribution in [3.63, 3.8) is 0 Å². The zero-order valence-corrected chi connectivity index (χ0v) is 17.9. The molecule has 1 fully saturated rings. The lowest BCUT2D eigenvalue weighted by molar-refractivity contribution is -0.158. The van der Waals surface area contributed by atoms with E-state index in [9.17, 15) is 9.59 Å². The largest absolute Gasteiger partial charge is 0.356 e. The fourth-order valence-electron chi connectivity index (χ4n) is 5.00. The van der Waals surface area contributed by atoms with E-state index in [1.54, 1.807) is 11.1 Å². The first-order chi connectivity index (χ1) is 16.2. The molecule has 3 aromatic carbocycles. The normalized spacial score (nSPS) is 20.4. The van der Waals surface area contributed by atoms with Crippen molar-refractivity contribution < 1.29 is 9.59 Å². The maximum Gasteiger partial charge on any atom is 0.266 e. The lowest BCUT2D eigenvalue weighted by Crippen LogP contribution is -2.61. The molecule has 2 aliphatic rings. The molecule has 0 bridgehead atoms. The van der Waals surface area contributed by atoms with E-state index >= 15 is 0 Å². The molecule has 2 aliphatic heterocycles. The van der Waals surface area contributed by atoms with Crippen LogP contribution in [0.5, 0.6) is 0 Å². The predicted molar refractivity (Wildman–Crippen MR) is 127 cm³/mol. The Morgan fingerprint density at radius 3 is 2.36 bits per heavy atom. The van der Waals surface area contributed by atoms with E-state index in [1.165, 1.54) is 5.01 Å². The molecule has 6 heteroatoms. The van der Waals surface area contributed by atoms with Crippen LogP contribution in [-0.4, -0.2) is 45.5 Å². The van der Waals surface area contributed by atoms with Crippen molar-refractivity contribution in [2.45, 2.75) is 18.5 Å². The first-order valence-electron chi connectivity index (χ1n) is 11.1. The summed E-state index contributed by atoms with van der Waals surface area (Å²) in [6, 6.07) is 26.7. The fourth-order valence-corrected chi connectivity index (χ4v) is 5.00. The number of para-hydroxylation sites is 1. The molecule has 2 amide bonds. The van der Waals surface area contributed by atoms with Gasteiger partial charge in [-0.25, -0.2) is 5.01 Å². The van der Waals surface area contributed by atoms with E-state index in [0.717, 1.165) is 33.3 Å². The fraction of sp³-hybridized carbons (Fsp3) is 0.148. The van der Waals surface area contributed by atoms with E-state index in [0.29, 0.717) is 6.42 Å². The number of piperazine rings is 1. The van der Waals surface area contributed by atoms with Crippen molar-refractivity contribution in [2.75, 3.05) is 6.54 Å². The summed E-state index contributed by atoms with van der Waals surface area (Å²) in [5.41, 5.74) is 4.96. The number of amides is 2. The summed E-state index contributed by atoms with van der Waals surface area (Å²) in [6.07, 6.45) is 2.10. The van der Waals surface area contributed by atoms with Gasteiger partial charge >= 0.3 is 0 Å². The molecule has 0 radical (unpaired) electrons. The Labute approximate surface area is 191 Å². The molecule has 33 heavy (non-hydrogen) atoms. The number of hydrogen-bond donors (Lipinski definition) is 1. The minimum Gasteiger partial charge on any atom is -0.356 e. The van der Waals surface area contributed by atoms with Crippen LogP contribution in [0.25, 0.3) is 10.9 Å². The number of carbonyl (C=O) groups excluding carboxylic acids is 2. The minimum atomic E-state index is -0.601. The van der Waals surface area contributed by atoms with Crippen molar-refractivity contribution in [1.82, 2.24) is 14.9 Å². The Hall–Kier alpha value is -4.19. The van der Waals surface area contributed by atoms with Crippen LogP contribution < -0.4 is 0 Å². The number of fused-ring (bicyclic) bond motifs is 4. The van der Waals surface area contributed by atoms with Gasteiger partial charge in [-0.3, -0.25) is 9.59 Å². The summed E-state index contributed by atoms with van der Waals surface area (Å²) in [5, 5.41) is 6.80. The van der Waals surface area contributed by atoms with Gasteiger partial charge in [0.15, 0.2) is 0 Å². The van der Waals surface area contributed by atoms with Crippen LogP contribution in [0, 0.1) is 0 Å². The van der Waals surface area contributed by atoms with Crippen LogP contribution in [0.3, 0.4) is 0 Å². The maximum absolute atomic E-state index is 13.6. The minimum absolute atomic E-state index is 0.0719. The van der Waals surface area contributed by atoms with Crippen molar-refractivity contribution in [2.24, 2.45) is 5.10 Å². The molecule has 3 heterocycles. The van der Waals surface area contributed by atoms with Crippen LogP contribution >= 0.6 is 0 Å². The first kappa shape index (κ1) is 19.5. The third kappa shape index (κ3) is 3.22. The predicted octanol–water partition coefficient (Wildman–Crippen LogP) is 3.89. The molecule has 0 spiro atoms. The Morgan fingerprint density at radius 1 is 0.879 bits per heavy atom. The third-order valence-corrected chi connectivity index (χ3v) is 6.51. The summed E-state index contributed by atoms with van der Waals surface area (Å²) >= 11 is 0. The van der Waals surface area contributed by atoms with Gasteiger partial charge < -0.3 is 9.88 Å². The molecule has 162 valence electrons. The Kier molecular flexibility index (Phi) is 4.57. The molecule has 2 atom stereocenters. The average molecular weight is 434 g/mol. The Morgan fingerprint density at radius 2 is 1.58 bits per heavy atom. The number of hydrazone groups is 1. The van der Waals surface area contributed by atoms with E-state index in [1.807, 2.05) is 78.9 Å². The third-order valence-electron chi connectivity index (χ3n) is 6.51. The van der Waals surface area contributed by atoms with Crippen LogP contribution in [0.2, 0.25) is 0 Å². The summed E-state index contributed by atoms with van der Waals surface area (Å²) in [5.74, 6) is -0.262. The molecule has 6 nitrogen and oxygen atoms in total. The number of carbonyl (C=O) groups is 2. The highest BCUT2D eigenvalue weighted by Crippen LogP contribution is 2.42. The van der Waals surface area contributed by atoms with Gasteiger partial charge in [-0.1, -0.05) is 78.9 Å². The zero-order valence-electron chi connectivity index (χ0n) is 17.9. The molecule has 1 N–H and O–H groups in total. The number of benzene rings is 3. The molecule has 0 saturated carbocycles. The van der Waals surface area contributed by atoms with Crippen molar-refractivity contribution in [1.29, 1.82) is 0 Å². The number of rotatable bonds is 3. The molecule has 4 aromatic rings. The van der Waals surface area contributed by atoms with Gasteiger partial charge in [0.2, 0.25) is 5.91 Å². The van der Waals surface area contributed by atoms with Crippen molar-refractivity contribution >= 4 is 28.9 Å². The second-order valence-corrected chi connectivity index (χ2v) is 8.45. The lowest BCUT2D eigenvalue weighted by Gasteiger charge is -2.45.